The summed E-state index contributed by atoms with van der Waals surface area (Å²) in [6.45, 7) is -1.03. The maximum Gasteiger partial charge on any atom is 0.238 e. The van der Waals surface area contributed by atoms with Gasteiger partial charge >= 0.3 is 0 Å². The molecule has 0 saturated heterocycles. The largest absolute Gasteiger partial charge is 0.329 e. The van der Waals surface area contributed by atoms with Crippen LogP contribution in [-0.2, 0) is 17.1 Å². The Hall–Kier alpha value is -3.50. The van der Waals surface area contributed by atoms with Gasteiger partial charge in [0.05, 0.1) is 17.3 Å². The van der Waals surface area contributed by atoms with E-state index in [1.54, 1.807) is 14.0 Å². The van der Waals surface area contributed by atoms with Gasteiger partial charge < -0.3 is 10.2 Å². The Bertz CT molecular complexity index is 1760. The predicted molar refractivity (Wildman–Crippen MR) is 121 cm³/mol. The number of benzene rings is 2. The number of rotatable bonds is 5. The summed E-state index contributed by atoms with van der Waals surface area (Å²) in [6, 6.07) is 2.26. The van der Waals surface area contributed by atoms with Crippen molar-refractivity contribution >= 4 is 44.1 Å². The highest BCUT2D eigenvalue weighted by molar-refractivity contribution is 7.89. The van der Waals surface area contributed by atoms with Crippen molar-refractivity contribution in [3.63, 3.8) is 0 Å². The van der Waals surface area contributed by atoms with Gasteiger partial charge in [0.15, 0.2) is 0 Å². The molecule has 0 aliphatic rings. The van der Waals surface area contributed by atoms with Gasteiger partial charge in [0.2, 0.25) is 16.0 Å². The molecule has 4 rings (SSSR count). The van der Waals surface area contributed by atoms with Crippen LogP contribution in [0.15, 0.2) is 53.4 Å². The van der Waals surface area contributed by atoms with Crippen molar-refractivity contribution in [2.24, 2.45) is 12.2 Å². The second-order valence-corrected chi connectivity index (χ2v) is 8.23. The number of sulfonamides is 1. The Kier molecular flexibility index (Phi) is 3.21. The maximum atomic E-state index is 12.1. The van der Waals surface area contributed by atoms with Gasteiger partial charge in [-0.2, -0.15) is 10.1 Å². The Morgan fingerprint density at radius 3 is 2.84 bits per heavy atom. The first-order chi connectivity index (χ1) is 17.9. The third kappa shape index (κ3) is 4.07. The van der Waals surface area contributed by atoms with E-state index in [9.17, 15) is 8.42 Å². The summed E-state index contributed by atoms with van der Waals surface area (Å²) in [4.78, 5) is 8.70. The zero-order chi connectivity index (χ0) is 29.2. The third-order valence-electron chi connectivity index (χ3n) is 4.62. The topological polar surface area (TPSA) is 119 Å². The lowest BCUT2D eigenvalue weighted by Gasteiger charge is -2.19. The second-order valence-electron chi connectivity index (χ2n) is 6.70. The molecule has 0 spiro atoms. The van der Waals surface area contributed by atoms with Crippen LogP contribution < -0.4 is 15.4 Å². The van der Waals surface area contributed by atoms with E-state index in [1.165, 1.54) is 22.7 Å². The number of hydrogen-bond acceptors (Lipinski definition) is 7. The number of aryl methyl sites for hydroxylation is 3. The van der Waals surface area contributed by atoms with Gasteiger partial charge in [-0.1, -0.05) is 6.07 Å². The van der Waals surface area contributed by atoms with Crippen LogP contribution in [0.5, 0.6) is 0 Å². The zero-order valence-electron chi connectivity index (χ0n) is 24.8. The molecular formula is C21H23N7O2S. The molecule has 2 aromatic heterocycles. The van der Waals surface area contributed by atoms with Crippen LogP contribution in [0.4, 0.5) is 23.1 Å². The first kappa shape index (κ1) is 13.0. The fourth-order valence-electron chi connectivity index (χ4n) is 2.85. The number of fused-ring (bicyclic) bond motifs is 1. The van der Waals surface area contributed by atoms with Crippen molar-refractivity contribution in [2.75, 3.05) is 17.3 Å². The smallest absolute Gasteiger partial charge is 0.238 e. The quantitative estimate of drug-likeness (QED) is 0.484. The molecular weight excluding hydrogens is 414 g/mol. The first-order valence-corrected chi connectivity index (χ1v) is 10.4. The Morgan fingerprint density at radius 2 is 2.10 bits per heavy atom. The summed E-state index contributed by atoms with van der Waals surface area (Å²) in [5, 5.41) is 12.6. The highest BCUT2D eigenvalue weighted by Crippen LogP contribution is 2.28. The van der Waals surface area contributed by atoms with Gasteiger partial charge in [-0.15, -0.1) is 0 Å². The highest BCUT2D eigenvalue weighted by atomic mass is 32.2. The Balaban J connectivity index is 1.83. The summed E-state index contributed by atoms with van der Waals surface area (Å²) < 4.78 is 90.5. The number of hydrogen-bond donors (Lipinski definition) is 2. The minimum Gasteiger partial charge on any atom is -0.329 e. The molecule has 9 nitrogen and oxygen atoms in total. The SMILES string of the molecule is [2H]c1nc(Nc2ccc(C([2H])([2H])[2H])c(S(N)(=O)=O)c2)nc(N(C)c2c([2H])c([2H])c3c(C)n(C)nc3c2[2H])c1[2H]. The molecule has 0 amide bonds. The third-order valence-corrected chi connectivity index (χ3v) is 5.57. The monoisotopic (exact) mass is 445 g/mol. The van der Waals surface area contributed by atoms with Gasteiger partial charge in [-0.3, -0.25) is 4.68 Å². The lowest BCUT2D eigenvalue weighted by molar-refractivity contribution is 0.597. The van der Waals surface area contributed by atoms with E-state index in [1.807, 2.05) is 0 Å². The van der Waals surface area contributed by atoms with Gasteiger partial charge in [-0.25, -0.2) is 18.5 Å². The molecule has 0 radical (unpaired) electrons. The van der Waals surface area contributed by atoms with E-state index in [4.69, 9.17) is 16.1 Å². The molecule has 2 aromatic carbocycles. The predicted octanol–water partition coefficient (Wildman–Crippen LogP) is 3.14. The minimum atomic E-state index is -4.42. The lowest BCUT2D eigenvalue weighted by Crippen LogP contribution is -2.14. The van der Waals surface area contributed by atoms with Crippen molar-refractivity contribution in [3.05, 3.63) is 59.8 Å². The lowest BCUT2D eigenvalue weighted by atomic mass is 10.2. The molecule has 31 heavy (non-hydrogen) atoms. The molecule has 0 unspecified atom stereocenters. The molecule has 4 aromatic rings. The fraction of sp³-hybridized carbons (Fsp3) is 0.190. The summed E-state index contributed by atoms with van der Waals surface area (Å²) in [5.41, 5.74) is 0.294. The summed E-state index contributed by atoms with van der Waals surface area (Å²) in [7, 11) is -1.35. The van der Waals surface area contributed by atoms with Crippen molar-refractivity contribution in [1.82, 2.24) is 19.7 Å². The van der Waals surface area contributed by atoms with Gasteiger partial charge in [0.1, 0.15) is 5.82 Å². The van der Waals surface area contributed by atoms with E-state index in [-0.39, 0.29) is 46.8 Å². The molecule has 0 aliphatic carbocycles. The van der Waals surface area contributed by atoms with Crippen LogP contribution in [-0.4, -0.2) is 35.2 Å². The van der Waals surface area contributed by atoms with E-state index in [0.717, 1.165) is 12.1 Å². The van der Waals surface area contributed by atoms with Crippen molar-refractivity contribution in [2.45, 2.75) is 18.7 Å². The maximum absolute atomic E-state index is 12.1. The van der Waals surface area contributed by atoms with Crippen LogP contribution in [0.1, 0.15) is 22.2 Å². The van der Waals surface area contributed by atoms with Crippen LogP contribution in [0.25, 0.3) is 10.9 Å². The first-order valence-electron chi connectivity index (χ1n) is 12.9. The number of nitrogens with zero attached hydrogens (tertiary/aromatic N) is 5. The molecule has 3 N–H and O–H groups in total. The van der Waals surface area contributed by atoms with Crippen LogP contribution in [0.2, 0.25) is 0 Å². The van der Waals surface area contributed by atoms with Gasteiger partial charge in [0.25, 0.3) is 0 Å². The average Bonchev–Trinajstić information content (AvgIpc) is 3.13. The number of anilines is 4. The molecule has 10 heteroatoms. The summed E-state index contributed by atoms with van der Waals surface area (Å²) in [5.74, 6) is -0.435. The molecule has 160 valence electrons. The van der Waals surface area contributed by atoms with Gasteiger partial charge in [-0.05, 0) is 55.6 Å². The van der Waals surface area contributed by atoms with Crippen molar-refractivity contribution < 1.29 is 19.4 Å². The number of nitrogens with two attached hydrogens (primary N) is 1. The molecule has 0 bridgehead atoms. The second kappa shape index (κ2) is 7.64. The molecule has 0 atom stereocenters. The van der Waals surface area contributed by atoms with Crippen LogP contribution in [0, 0.1) is 13.8 Å². The van der Waals surface area contributed by atoms with E-state index in [2.05, 4.69) is 20.4 Å². The Labute approximate surface area is 191 Å². The van der Waals surface area contributed by atoms with E-state index in [0.29, 0.717) is 11.1 Å². The Morgan fingerprint density at radius 1 is 1.29 bits per heavy atom. The molecule has 0 fully saturated rings. The average molecular weight is 446 g/mol. The number of primary sulfonamides is 1. The zero-order valence-corrected chi connectivity index (χ0v) is 17.6. The molecule has 2 heterocycles. The molecule has 0 saturated carbocycles. The van der Waals surface area contributed by atoms with E-state index < -0.39 is 39.5 Å². The van der Waals surface area contributed by atoms with E-state index >= 15 is 0 Å². The highest BCUT2D eigenvalue weighted by Gasteiger charge is 2.14. The summed E-state index contributed by atoms with van der Waals surface area (Å²) in [6.07, 6.45) is -0.529. The van der Waals surface area contributed by atoms with Gasteiger partial charge in [0, 0.05) is 46.8 Å². The minimum absolute atomic E-state index is 0.0407. The normalized spacial score (nSPS) is 15.7. The fourth-order valence-corrected chi connectivity index (χ4v) is 3.51. The van der Waals surface area contributed by atoms with Crippen molar-refractivity contribution in [3.8, 4) is 0 Å². The number of aromatic nitrogens is 4. The molecule has 0 aliphatic heterocycles. The number of nitrogens with one attached hydrogen (secondary N) is 1. The summed E-state index contributed by atoms with van der Waals surface area (Å²) >= 11 is 0. The standard InChI is InChI=1S/C21H23N7O2S/c1-13-5-6-15(11-19(13)31(22,29)30)24-21-23-10-9-20(25-21)27(3)16-7-8-17-14(2)28(4)26-18(17)12-16/h5-12H,1-4H3,(H2,22,29,30)(H,23,24,25)/i1D3,7D,8D,9D,10D,12D. The van der Waals surface area contributed by atoms with Crippen molar-refractivity contribution in [1.29, 1.82) is 0 Å². The van der Waals surface area contributed by atoms with Crippen LogP contribution >= 0.6 is 0 Å². The van der Waals surface area contributed by atoms with Crippen LogP contribution in [0.3, 0.4) is 0 Å².